The van der Waals surface area contributed by atoms with Crippen molar-refractivity contribution >= 4 is 11.9 Å². The van der Waals surface area contributed by atoms with Gasteiger partial charge in [-0.05, 0) is 12.8 Å². The molecule has 108 valence electrons. The number of urea groups is 1. The van der Waals surface area contributed by atoms with Crippen LogP contribution in [0.25, 0.3) is 0 Å². The lowest BCUT2D eigenvalue weighted by Gasteiger charge is -2.43. The number of nitrogens with two attached hydrogens (primary N) is 1. The molecule has 0 atom stereocenters. The van der Waals surface area contributed by atoms with Gasteiger partial charge in [-0.1, -0.05) is 0 Å². The summed E-state index contributed by atoms with van der Waals surface area (Å²) in [5.74, 6) is 0.0891. The number of likely N-dealkylation sites (tertiary alicyclic amines) is 1. The van der Waals surface area contributed by atoms with Crippen molar-refractivity contribution in [3.63, 3.8) is 0 Å². The number of hydrogen-bond acceptors (Lipinski definition) is 5. The Bertz CT molecular complexity index is 507. The van der Waals surface area contributed by atoms with Gasteiger partial charge in [-0.2, -0.15) is 0 Å². The normalized spacial score (nSPS) is 21.4. The van der Waals surface area contributed by atoms with Gasteiger partial charge in [-0.15, -0.1) is 0 Å². The third kappa shape index (κ3) is 2.01. The van der Waals surface area contributed by atoms with Crippen LogP contribution < -0.4 is 11.1 Å². The molecule has 3 heterocycles. The first-order valence-electron chi connectivity index (χ1n) is 6.58. The van der Waals surface area contributed by atoms with Gasteiger partial charge < -0.3 is 20.0 Å². The van der Waals surface area contributed by atoms with Gasteiger partial charge in [-0.3, -0.25) is 10.1 Å². The second-order valence-electron chi connectivity index (χ2n) is 5.23. The molecule has 2 fully saturated rings. The van der Waals surface area contributed by atoms with Crippen LogP contribution in [0.4, 0.5) is 4.79 Å². The van der Waals surface area contributed by atoms with Gasteiger partial charge in [0.15, 0.2) is 6.39 Å². The van der Waals surface area contributed by atoms with E-state index in [9.17, 15) is 9.59 Å². The van der Waals surface area contributed by atoms with E-state index >= 15 is 0 Å². The molecule has 0 unspecified atom stereocenters. The minimum atomic E-state index is -0.412. The molecule has 0 saturated carbocycles. The fraction of sp³-hybridized carbons (Fsp3) is 0.583. The maximum atomic E-state index is 12.2. The Morgan fingerprint density at radius 1 is 1.40 bits per heavy atom. The second kappa shape index (κ2) is 4.78. The van der Waals surface area contributed by atoms with E-state index in [1.54, 1.807) is 9.80 Å². The third-order valence-electron chi connectivity index (χ3n) is 4.19. The van der Waals surface area contributed by atoms with E-state index in [0.717, 1.165) is 6.54 Å². The predicted molar refractivity (Wildman–Crippen MR) is 68.7 cm³/mol. The Kier molecular flexibility index (Phi) is 3.09. The van der Waals surface area contributed by atoms with Gasteiger partial charge in [0.05, 0.1) is 18.4 Å². The molecule has 3 N–H and O–H groups in total. The van der Waals surface area contributed by atoms with Crippen LogP contribution >= 0.6 is 0 Å². The second-order valence-corrected chi connectivity index (χ2v) is 5.23. The zero-order chi connectivity index (χ0) is 14.2. The van der Waals surface area contributed by atoms with E-state index in [1.807, 2.05) is 0 Å². The standard InChI is InChI=1S/C12H17N5O3/c13-11(19)17-7-15-6-12(17)1-3-16(4-2-12)10(18)9-5-14-8-20-9/h5,8,15H,1-4,6-7H2,(H2,13,19). The summed E-state index contributed by atoms with van der Waals surface area (Å²) in [5, 5.41) is 3.18. The van der Waals surface area contributed by atoms with E-state index < -0.39 is 6.03 Å². The molecule has 0 aromatic carbocycles. The molecule has 1 spiro atoms. The minimum absolute atomic E-state index is 0.158. The van der Waals surface area contributed by atoms with Crippen LogP contribution in [-0.4, -0.2) is 58.6 Å². The van der Waals surface area contributed by atoms with Crippen molar-refractivity contribution in [2.45, 2.75) is 18.4 Å². The molecule has 3 amide bonds. The van der Waals surface area contributed by atoms with Gasteiger partial charge in [0.25, 0.3) is 5.91 Å². The lowest BCUT2D eigenvalue weighted by atomic mass is 9.87. The number of carbonyl (C=O) groups excluding carboxylic acids is 2. The molecule has 8 nitrogen and oxygen atoms in total. The highest BCUT2D eigenvalue weighted by Crippen LogP contribution is 2.31. The van der Waals surface area contributed by atoms with Gasteiger partial charge in [-0.25, -0.2) is 9.78 Å². The number of piperidine rings is 1. The largest absolute Gasteiger partial charge is 0.438 e. The molecule has 8 heteroatoms. The number of primary amides is 1. The van der Waals surface area contributed by atoms with E-state index in [-0.39, 0.29) is 17.2 Å². The summed E-state index contributed by atoms with van der Waals surface area (Å²) in [7, 11) is 0. The highest BCUT2D eigenvalue weighted by Gasteiger charge is 2.45. The van der Waals surface area contributed by atoms with E-state index in [1.165, 1.54) is 12.6 Å². The monoisotopic (exact) mass is 279 g/mol. The Hall–Kier alpha value is -2.09. The molecular formula is C12H17N5O3. The molecule has 1 aromatic heterocycles. The Labute approximate surface area is 115 Å². The lowest BCUT2D eigenvalue weighted by Crippen LogP contribution is -2.57. The zero-order valence-electron chi connectivity index (χ0n) is 11.0. The molecule has 20 heavy (non-hydrogen) atoms. The average Bonchev–Trinajstić information content (AvgIpc) is 3.08. The number of aromatic nitrogens is 1. The molecular weight excluding hydrogens is 262 g/mol. The molecule has 0 radical (unpaired) electrons. The Morgan fingerprint density at radius 2 is 2.15 bits per heavy atom. The van der Waals surface area contributed by atoms with Crippen LogP contribution in [0.5, 0.6) is 0 Å². The van der Waals surface area contributed by atoms with Gasteiger partial charge in [0.2, 0.25) is 5.76 Å². The highest BCUT2D eigenvalue weighted by atomic mass is 16.3. The lowest BCUT2D eigenvalue weighted by molar-refractivity contribution is 0.0523. The predicted octanol–water partition coefficient (Wildman–Crippen LogP) is -0.409. The molecule has 2 saturated heterocycles. The summed E-state index contributed by atoms with van der Waals surface area (Å²) < 4.78 is 5.03. The van der Waals surface area contributed by atoms with Crippen molar-refractivity contribution in [3.8, 4) is 0 Å². The highest BCUT2D eigenvalue weighted by molar-refractivity contribution is 5.91. The van der Waals surface area contributed by atoms with Crippen LogP contribution in [0.3, 0.4) is 0 Å². The Balaban J connectivity index is 1.68. The van der Waals surface area contributed by atoms with E-state index in [0.29, 0.717) is 32.6 Å². The first kappa shape index (κ1) is 12.9. The van der Waals surface area contributed by atoms with Crippen LogP contribution in [0, 0.1) is 0 Å². The van der Waals surface area contributed by atoms with Crippen LogP contribution in [0.2, 0.25) is 0 Å². The summed E-state index contributed by atoms with van der Waals surface area (Å²) in [6, 6.07) is -0.412. The number of rotatable bonds is 1. The first-order valence-corrected chi connectivity index (χ1v) is 6.58. The molecule has 1 aromatic rings. The van der Waals surface area contributed by atoms with Crippen molar-refractivity contribution in [3.05, 3.63) is 18.4 Å². The maximum absolute atomic E-state index is 12.2. The summed E-state index contributed by atoms with van der Waals surface area (Å²) in [6.45, 7) is 2.35. The van der Waals surface area contributed by atoms with E-state index in [2.05, 4.69) is 10.3 Å². The minimum Gasteiger partial charge on any atom is -0.438 e. The number of oxazole rings is 1. The molecule has 2 aliphatic rings. The molecule has 2 aliphatic heterocycles. The van der Waals surface area contributed by atoms with Gasteiger partial charge in [0, 0.05) is 19.6 Å². The molecule has 3 rings (SSSR count). The topological polar surface area (TPSA) is 105 Å². The smallest absolute Gasteiger partial charge is 0.316 e. The van der Waals surface area contributed by atoms with Gasteiger partial charge in [0.1, 0.15) is 0 Å². The van der Waals surface area contributed by atoms with Gasteiger partial charge >= 0.3 is 6.03 Å². The SMILES string of the molecule is NC(=O)N1CNCC12CCN(C(=O)c1cnco1)CC2. The van der Waals surface area contributed by atoms with Crippen LogP contribution in [-0.2, 0) is 0 Å². The van der Waals surface area contributed by atoms with Crippen LogP contribution in [0.1, 0.15) is 23.4 Å². The summed E-state index contributed by atoms with van der Waals surface area (Å²) >= 11 is 0. The molecule has 0 bridgehead atoms. The summed E-state index contributed by atoms with van der Waals surface area (Å²) in [5.41, 5.74) is 5.16. The van der Waals surface area contributed by atoms with Crippen LogP contribution in [0.15, 0.2) is 17.0 Å². The van der Waals surface area contributed by atoms with Crippen molar-refractivity contribution in [1.29, 1.82) is 0 Å². The molecule has 0 aliphatic carbocycles. The number of nitrogens with one attached hydrogen (secondary N) is 1. The fourth-order valence-electron chi connectivity index (χ4n) is 3.03. The zero-order valence-corrected chi connectivity index (χ0v) is 11.0. The summed E-state index contributed by atoms with van der Waals surface area (Å²) in [4.78, 5) is 30.8. The fourth-order valence-corrected chi connectivity index (χ4v) is 3.03. The maximum Gasteiger partial charge on any atom is 0.316 e. The van der Waals surface area contributed by atoms with Crippen molar-refractivity contribution < 1.29 is 14.0 Å². The number of hydrogen-bond donors (Lipinski definition) is 2. The third-order valence-corrected chi connectivity index (χ3v) is 4.19. The van der Waals surface area contributed by atoms with Crippen molar-refractivity contribution in [2.24, 2.45) is 5.73 Å². The van der Waals surface area contributed by atoms with Crippen molar-refractivity contribution in [1.82, 2.24) is 20.1 Å². The van der Waals surface area contributed by atoms with Crippen molar-refractivity contribution in [2.75, 3.05) is 26.3 Å². The average molecular weight is 279 g/mol. The number of carbonyl (C=O) groups is 2. The number of amides is 3. The summed E-state index contributed by atoms with van der Waals surface area (Å²) in [6.07, 6.45) is 4.08. The van der Waals surface area contributed by atoms with E-state index in [4.69, 9.17) is 10.2 Å². The number of nitrogens with zero attached hydrogens (tertiary/aromatic N) is 3. The first-order chi connectivity index (χ1) is 9.62. The Morgan fingerprint density at radius 3 is 2.75 bits per heavy atom. The quantitative estimate of drug-likeness (QED) is 0.727.